The molecule has 0 saturated heterocycles. The Morgan fingerprint density at radius 3 is 2.81 bits per heavy atom. The van der Waals surface area contributed by atoms with Crippen LogP contribution in [-0.4, -0.2) is 38.8 Å². The molecular weight excluding hydrogens is 290 g/mol. The van der Waals surface area contributed by atoms with Crippen molar-refractivity contribution in [3.05, 3.63) is 17.5 Å². The number of hydrogen-bond donors (Lipinski definition) is 3. The molecule has 1 aromatic rings. The van der Waals surface area contributed by atoms with Gasteiger partial charge in [0.05, 0.1) is 19.8 Å². The Kier molecular flexibility index (Phi) is 7.04. The number of ether oxygens (including phenoxy) is 2. The van der Waals surface area contributed by atoms with Crippen molar-refractivity contribution in [3.8, 4) is 5.75 Å². The molecule has 21 heavy (non-hydrogen) atoms. The molecule has 0 aliphatic rings. The molecule has 1 rings (SSSR count). The van der Waals surface area contributed by atoms with E-state index in [1.807, 2.05) is 13.8 Å². The van der Waals surface area contributed by atoms with Gasteiger partial charge >= 0.3 is 0 Å². The summed E-state index contributed by atoms with van der Waals surface area (Å²) in [5, 5.41) is 6.61. The van der Waals surface area contributed by atoms with E-state index in [9.17, 15) is 4.79 Å². The van der Waals surface area contributed by atoms with Crippen molar-refractivity contribution in [3.63, 3.8) is 0 Å². The lowest BCUT2D eigenvalue weighted by atomic mass is 10.3. The van der Waals surface area contributed by atoms with Gasteiger partial charge in [0.25, 0.3) is 5.91 Å². The van der Waals surface area contributed by atoms with Crippen LogP contribution in [0.3, 0.4) is 0 Å². The van der Waals surface area contributed by atoms with Gasteiger partial charge in [-0.2, -0.15) is 0 Å². The van der Waals surface area contributed by atoms with Gasteiger partial charge in [0.15, 0.2) is 5.75 Å². The number of methoxy groups -OCH3 is 1. The van der Waals surface area contributed by atoms with Crippen molar-refractivity contribution in [1.82, 2.24) is 5.32 Å². The third-order valence-corrected chi connectivity index (χ3v) is 3.70. The predicted octanol–water partition coefficient (Wildman–Crippen LogP) is 2.09. The van der Waals surface area contributed by atoms with E-state index >= 15 is 0 Å². The zero-order valence-electron chi connectivity index (χ0n) is 12.7. The van der Waals surface area contributed by atoms with Gasteiger partial charge in [-0.15, -0.1) is 17.9 Å². The Morgan fingerprint density at radius 2 is 2.24 bits per heavy atom. The Hall–Kier alpha value is -1.73. The van der Waals surface area contributed by atoms with Crippen molar-refractivity contribution >= 4 is 27.9 Å². The van der Waals surface area contributed by atoms with E-state index in [0.29, 0.717) is 36.0 Å². The summed E-state index contributed by atoms with van der Waals surface area (Å²) in [6, 6.07) is 0. The molecule has 0 radical (unpaired) electrons. The van der Waals surface area contributed by atoms with Gasteiger partial charge in [0, 0.05) is 13.1 Å². The van der Waals surface area contributed by atoms with Gasteiger partial charge in [0.1, 0.15) is 15.6 Å². The molecule has 4 N–H and O–H groups in total. The molecule has 0 aliphatic heterocycles. The summed E-state index contributed by atoms with van der Waals surface area (Å²) >= 11 is 1.27. The van der Waals surface area contributed by atoms with Crippen LogP contribution in [0, 0.1) is 0 Å². The average Bonchev–Trinajstić information content (AvgIpc) is 2.77. The minimum Gasteiger partial charge on any atom is -0.492 e. The summed E-state index contributed by atoms with van der Waals surface area (Å²) < 4.78 is 10.7. The number of amides is 1. The maximum absolute atomic E-state index is 12.0. The molecule has 1 aromatic heterocycles. The number of rotatable bonds is 9. The maximum Gasteiger partial charge on any atom is 0.263 e. The standard InChI is InChI=1S/C14H23N3O3S/c1-5-6-16-13(18)12-10(15)11(19-4)14(21-12)17-7-8-20-9(2)3/h5,9,17H,1,6-8,15H2,2-4H3,(H,16,18). The molecule has 6 nitrogen and oxygen atoms in total. The summed E-state index contributed by atoms with van der Waals surface area (Å²) in [6.07, 6.45) is 1.80. The largest absolute Gasteiger partial charge is 0.492 e. The topological polar surface area (TPSA) is 85.6 Å². The summed E-state index contributed by atoms with van der Waals surface area (Å²) in [7, 11) is 1.53. The molecule has 0 fully saturated rings. The van der Waals surface area contributed by atoms with Crippen molar-refractivity contribution in [2.24, 2.45) is 0 Å². The molecule has 0 spiro atoms. The highest BCUT2D eigenvalue weighted by molar-refractivity contribution is 7.19. The fourth-order valence-corrected chi connectivity index (χ4v) is 2.65. The highest BCUT2D eigenvalue weighted by Gasteiger charge is 2.21. The van der Waals surface area contributed by atoms with Crippen LogP contribution in [0.1, 0.15) is 23.5 Å². The van der Waals surface area contributed by atoms with Gasteiger partial charge in [-0.3, -0.25) is 4.79 Å². The molecule has 1 heterocycles. The van der Waals surface area contributed by atoms with E-state index in [0.717, 1.165) is 5.00 Å². The van der Waals surface area contributed by atoms with E-state index in [4.69, 9.17) is 15.2 Å². The first-order valence-corrected chi connectivity index (χ1v) is 7.53. The lowest BCUT2D eigenvalue weighted by Crippen LogP contribution is -2.23. The number of thiophene rings is 1. The summed E-state index contributed by atoms with van der Waals surface area (Å²) in [4.78, 5) is 12.4. The summed E-state index contributed by atoms with van der Waals surface area (Å²) in [5.41, 5.74) is 6.31. The molecule has 0 aliphatic carbocycles. The minimum absolute atomic E-state index is 0.183. The number of hydrogen-bond acceptors (Lipinski definition) is 6. The predicted molar refractivity (Wildman–Crippen MR) is 87.4 cm³/mol. The Bertz CT molecular complexity index is 486. The van der Waals surface area contributed by atoms with E-state index < -0.39 is 0 Å². The molecule has 0 saturated carbocycles. The second kappa shape index (κ2) is 8.53. The number of nitrogens with one attached hydrogen (secondary N) is 2. The summed E-state index contributed by atoms with van der Waals surface area (Å²) in [6.45, 7) is 9.09. The normalized spacial score (nSPS) is 10.5. The second-order valence-corrected chi connectivity index (χ2v) is 5.57. The van der Waals surface area contributed by atoms with Gasteiger partial charge < -0.3 is 25.8 Å². The van der Waals surface area contributed by atoms with Crippen molar-refractivity contribution in [1.29, 1.82) is 0 Å². The van der Waals surface area contributed by atoms with E-state index in [1.165, 1.54) is 18.4 Å². The molecule has 0 atom stereocenters. The van der Waals surface area contributed by atoms with Crippen LogP contribution in [0.25, 0.3) is 0 Å². The van der Waals surface area contributed by atoms with Crippen LogP contribution >= 0.6 is 11.3 Å². The monoisotopic (exact) mass is 313 g/mol. The molecule has 0 bridgehead atoms. The highest BCUT2D eigenvalue weighted by atomic mass is 32.1. The average molecular weight is 313 g/mol. The van der Waals surface area contributed by atoms with Crippen LogP contribution in [0.5, 0.6) is 5.75 Å². The van der Waals surface area contributed by atoms with Gasteiger partial charge in [-0.1, -0.05) is 6.08 Å². The van der Waals surface area contributed by atoms with Crippen LogP contribution in [0.15, 0.2) is 12.7 Å². The number of anilines is 2. The lowest BCUT2D eigenvalue weighted by Gasteiger charge is -2.09. The molecule has 0 unspecified atom stereocenters. The Balaban J connectivity index is 2.75. The smallest absolute Gasteiger partial charge is 0.263 e. The fraction of sp³-hybridized carbons (Fsp3) is 0.500. The second-order valence-electron chi connectivity index (χ2n) is 4.55. The van der Waals surface area contributed by atoms with Crippen molar-refractivity contribution in [2.75, 3.05) is 37.9 Å². The van der Waals surface area contributed by atoms with Gasteiger partial charge in [0.2, 0.25) is 0 Å². The third-order valence-electron chi connectivity index (χ3n) is 2.56. The first-order chi connectivity index (χ1) is 10.0. The maximum atomic E-state index is 12.0. The van der Waals surface area contributed by atoms with Gasteiger partial charge in [-0.25, -0.2) is 0 Å². The lowest BCUT2D eigenvalue weighted by molar-refractivity contribution is 0.0870. The van der Waals surface area contributed by atoms with E-state index in [-0.39, 0.29) is 12.0 Å². The molecule has 0 aromatic carbocycles. The minimum atomic E-state index is -0.234. The number of nitrogens with two attached hydrogens (primary N) is 1. The van der Waals surface area contributed by atoms with E-state index in [1.54, 1.807) is 6.08 Å². The number of carbonyl (C=O) groups excluding carboxylic acids is 1. The number of nitrogen functional groups attached to an aromatic ring is 1. The van der Waals surface area contributed by atoms with Crippen molar-refractivity contribution < 1.29 is 14.3 Å². The highest BCUT2D eigenvalue weighted by Crippen LogP contribution is 2.42. The molecule has 7 heteroatoms. The molecule has 118 valence electrons. The fourth-order valence-electron chi connectivity index (χ4n) is 1.62. The van der Waals surface area contributed by atoms with Crippen molar-refractivity contribution in [2.45, 2.75) is 20.0 Å². The molecule has 1 amide bonds. The molecular formula is C14H23N3O3S. The zero-order chi connectivity index (χ0) is 15.8. The van der Waals surface area contributed by atoms with Crippen LogP contribution in [0.2, 0.25) is 0 Å². The Morgan fingerprint density at radius 1 is 1.52 bits per heavy atom. The SMILES string of the molecule is C=CCNC(=O)c1sc(NCCOC(C)C)c(OC)c1N. The number of carbonyl (C=O) groups is 1. The third kappa shape index (κ3) is 4.95. The van der Waals surface area contributed by atoms with Crippen LogP contribution in [0.4, 0.5) is 10.7 Å². The van der Waals surface area contributed by atoms with Crippen LogP contribution in [-0.2, 0) is 4.74 Å². The first-order valence-electron chi connectivity index (χ1n) is 6.72. The van der Waals surface area contributed by atoms with Crippen LogP contribution < -0.4 is 21.1 Å². The summed E-state index contributed by atoms with van der Waals surface area (Å²) in [5.74, 6) is 0.260. The van der Waals surface area contributed by atoms with E-state index in [2.05, 4.69) is 17.2 Å². The quantitative estimate of drug-likeness (QED) is 0.480. The Labute approximate surface area is 129 Å². The zero-order valence-corrected chi connectivity index (χ0v) is 13.5. The van der Waals surface area contributed by atoms with Gasteiger partial charge in [-0.05, 0) is 13.8 Å². The first kappa shape index (κ1) is 17.3.